The third kappa shape index (κ3) is 1.00. The Labute approximate surface area is 79.0 Å². The third-order valence-electron chi connectivity index (χ3n) is 1.96. The fraction of sp³-hybridized carbons (Fsp3) is 0.125. The van der Waals surface area contributed by atoms with Gasteiger partial charge in [-0.15, -0.1) is 0 Å². The summed E-state index contributed by atoms with van der Waals surface area (Å²) in [7, 11) is 1.63. The molecule has 0 atom stereocenters. The van der Waals surface area contributed by atoms with E-state index in [0.29, 0.717) is 16.7 Å². The number of nitrogens with zero attached hydrogens (tertiary/aromatic N) is 3. The van der Waals surface area contributed by atoms with E-state index in [0.717, 1.165) is 0 Å². The summed E-state index contributed by atoms with van der Waals surface area (Å²) in [4.78, 5) is 14.8. The molecule has 0 spiro atoms. The Bertz CT molecular complexity index is 517. The molecule has 6 nitrogen and oxygen atoms in total. The smallest absolute Gasteiger partial charge is 0.357 e. The largest absolute Gasteiger partial charge is 0.476 e. The molecule has 0 bridgehead atoms. The normalized spacial score (nSPS) is 10.6. The minimum atomic E-state index is -1.10. The minimum absolute atomic E-state index is 0.0619. The lowest BCUT2D eigenvalue weighted by Gasteiger charge is -1.95. The third-order valence-corrected chi connectivity index (χ3v) is 1.96. The first-order valence-corrected chi connectivity index (χ1v) is 3.91. The molecule has 3 N–H and O–H groups in total. The lowest BCUT2D eigenvalue weighted by Crippen LogP contribution is -2.00. The van der Waals surface area contributed by atoms with Gasteiger partial charge >= 0.3 is 5.97 Å². The molecular weight excluding hydrogens is 184 g/mol. The molecule has 0 amide bonds. The van der Waals surface area contributed by atoms with Gasteiger partial charge in [0.1, 0.15) is 0 Å². The van der Waals surface area contributed by atoms with Crippen LogP contribution in [0.3, 0.4) is 0 Å². The second kappa shape index (κ2) is 2.69. The first-order valence-electron chi connectivity index (χ1n) is 3.91. The van der Waals surface area contributed by atoms with Crippen molar-refractivity contribution >= 4 is 22.7 Å². The molecule has 2 aromatic heterocycles. The molecule has 0 aliphatic heterocycles. The number of nitrogens with two attached hydrogens (primary N) is 1. The van der Waals surface area contributed by atoms with Gasteiger partial charge in [-0.3, -0.25) is 0 Å². The first kappa shape index (κ1) is 8.49. The molecule has 2 rings (SSSR count). The highest BCUT2D eigenvalue weighted by Gasteiger charge is 2.17. The maximum absolute atomic E-state index is 10.8. The highest BCUT2D eigenvalue weighted by atomic mass is 16.4. The molecule has 0 saturated heterocycles. The number of carbonyl (C=O) groups is 1. The van der Waals surface area contributed by atoms with Crippen LogP contribution in [-0.4, -0.2) is 25.8 Å². The van der Waals surface area contributed by atoms with E-state index in [4.69, 9.17) is 10.8 Å². The van der Waals surface area contributed by atoms with E-state index in [2.05, 4.69) is 10.1 Å². The van der Waals surface area contributed by atoms with E-state index < -0.39 is 5.97 Å². The topological polar surface area (TPSA) is 94.0 Å². The molecule has 0 radical (unpaired) electrons. The molecular formula is C8H8N4O2. The molecule has 2 heterocycles. The van der Waals surface area contributed by atoms with Gasteiger partial charge in [0.2, 0.25) is 0 Å². The van der Waals surface area contributed by atoms with Crippen LogP contribution in [0.15, 0.2) is 12.3 Å². The van der Waals surface area contributed by atoms with E-state index in [9.17, 15) is 4.79 Å². The van der Waals surface area contributed by atoms with Crippen LogP contribution in [0.1, 0.15) is 10.5 Å². The van der Waals surface area contributed by atoms with Gasteiger partial charge in [-0.2, -0.15) is 5.10 Å². The van der Waals surface area contributed by atoms with Crippen molar-refractivity contribution in [3.63, 3.8) is 0 Å². The summed E-state index contributed by atoms with van der Waals surface area (Å²) in [5, 5.41) is 13.1. The molecule has 0 aliphatic rings. The number of anilines is 1. The molecule has 6 heteroatoms. The lowest BCUT2D eigenvalue weighted by molar-refractivity contribution is 0.0691. The average Bonchev–Trinajstić information content (AvgIpc) is 2.46. The zero-order valence-electron chi connectivity index (χ0n) is 7.43. The van der Waals surface area contributed by atoms with Gasteiger partial charge in [-0.25, -0.2) is 14.5 Å². The van der Waals surface area contributed by atoms with Gasteiger partial charge in [-0.1, -0.05) is 0 Å². The van der Waals surface area contributed by atoms with Gasteiger partial charge in [-0.05, 0) is 6.07 Å². The van der Waals surface area contributed by atoms with Gasteiger partial charge in [0.05, 0.1) is 5.39 Å². The summed E-state index contributed by atoms with van der Waals surface area (Å²) in [5.41, 5.74) is 6.44. The van der Waals surface area contributed by atoms with Crippen molar-refractivity contribution in [3.05, 3.63) is 18.0 Å². The van der Waals surface area contributed by atoms with Crippen molar-refractivity contribution < 1.29 is 9.90 Å². The highest BCUT2D eigenvalue weighted by molar-refractivity contribution is 6.05. The van der Waals surface area contributed by atoms with E-state index in [1.165, 1.54) is 10.9 Å². The Hall–Kier alpha value is -2.11. The van der Waals surface area contributed by atoms with Crippen LogP contribution in [0.5, 0.6) is 0 Å². The van der Waals surface area contributed by atoms with Crippen LogP contribution in [0.2, 0.25) is 0 Å². The number of carboxylic acid groups (broad SMARTS) is 1. The Kier molecular flexibility index (Phi) is 1.63. The zero-order chi connectivity index (χ0) is 10.3. The van der Waals surface area contributed by atoms with Crippen molar-refractivity contribution in [3.8, 4) is 0 Å². The van der Waals surface area contributed by atoms with Gasteiger partial charge in [0, 0.05) is 18.9 Å². The second-order valence-corrected chi connectivity index (χ2v) is 2.88. The molecule has 2 aromatic rings. The van der Waals surface area contributed by atoms with Crippen molar-refractivity contribution in [2.45, 2.75) is 0 Å². The fourth-order valence-electron chi connectivity index (χ4n) is 1.35. The van der Waals surface area contributed by atoms with Crippen molar-refractivity contribution in [1.29, 1.82) is 0 Å². The van der Waals surface area contributed by atoms with E-state index in [1.54, 1.807) is 13.1 Å². The molecule has 0 aliphatic carbocycles. The number of rotatable bonds is 1. The van der Waals surface area contributed by atoms with E-state index in [-0.39, 0.29) is 5.69 Å². The standard InChI is InChI=1S/C8H8N4O2/c1-12-7-5(4(9)2-3-10-7)6(11-12)8(13)14/h2-3H,1H3,(H2,9,10)(H,13,14). The molecule has 72 valence electrons. The number of nitrogen functional groups attached to an aromatic ring is 1. The molecule has 14 heavy (non-hydrogen) atoms. The van der Waals surface area contributed by atoms with E-state index in [1.807, 2.05) is 0 Å². The summed E-state index contributed by atoms with van der Waals surface area (Å²) in [6.45, 7) is 0. The van der Waals surface area contributed by atoms with Crippen molar-refractivity contribution in [1.82, 2.24) is 14.8 Å². The number of aromatic carboxylic acids is 1. The number of carboxylic acids is 1. The van der Waals surface area contributed by atoms with E-state index >= 15 is 0 Å². The summed E-state index contributed by atoms with van der Waals surface area (Å²) in [6, 6.07) is 1.55. The summed E-state index contributed by atoms with van der Waals surface area (Å²) in [6.07, 6.45) is 1.52. The van der Waals surface area contributed by atoms with Gasteiger partial charge < -0.3 is 10.8 Å². The number of hydrogen-bond donors (Lipinski definition) is 2. The Morgan fingerprint density at radius 1 is 1.64 bits per heavy atom. The quantitative estimate of drug-likeness (QED) is 0.675. The van der Waals surface area contributed by atoms with Crippen LogP contribution >= 0.6 is 0 Å². The number of aromatic nitrogens is 3. The van der Waals surface area contributed by atoms with Gasteiger partial charge in [0.25, 0.3) is 0 Å². The Morgan fingerprint density at radius 3 is 3.00 bits per heavy atom. The predicted octanol–water partition coefficient (Wildman–Crippen LogP) is 0.249. The van der Waals surface area contributed by atoms with Crippen molar-refractivity contribution in [2.75, 3.05) is 5.73 Å². The number of fused-ring (bicyclic) bond motifs is 1. The first-order chi connectivity index (χ1) is 6.61. The average molecular weight is 192 g/mol. The molecule has 0 fully saturated rings. The number of aryl methyl sites for hydroxylation is 1. The Morgan fingerprint density at radius 2 is 2.36 bits per heavy atom. The number of pyridine rings is 1. The fourth-order valence-corrected chi connectivity index (χ4v) is 1.35. The molecule has 0 aromatic carbocycles. The van der Waals surface area contributed by atoms with Crippen molar-refractivity contribution in [2.24, 2.45) is 7.05 Å². The van der Waals surface area contributed by atoms with Crippen LogP contribution in [0.4, 0.5) is 5.69 Å². The Balaban J connectivity index is 2.93. The summed E-state index contributed by atoms with van der Waals surface area (Å²) < 4.78 is 1.40. The summed E-state index contributed by atoms with van der Waals surface area (Å²) >= 11 is 0. The predicted molar refractivity (Wildman–Crippen MR) is 49.9 cm³/mol. The highest BCUT2D eigenvalue weighted by Crippen LogP contribution is 2.21. The van der Waals surface area contributed by atoms with Crippen LogP contribution < -0.4 is 5.73 Å². The van der Waals surface area contributed by atoms with Crippen LogP contribution in [0.25, 0.3) is 11.0 Å². The second-order valence-electron chi connectivity index (χ2n) is 2.88. The maximum atomic E-state index is 10.8. The molecule has 0 unspecified atom stereocenters. The van der Waals surface area contributed by atoms with Crippen LogP contribution in [0, 0.1) is 0 Å². The monoisotopic (exact) mass is 192 g/mol. The van der Waals surface area contributed by atoms with Gasteiger partial charge in [0.15, 0.2) is 11.3 Å². The maximum Gasteiger partial charge on any atom is 0.357 e. The summed E-state index contributed by atoms with van der Waals surface area (Å²) in [5.74, 6) is -1.10. The van der Waals surface area contributed by atoms with Crippen LogP contribution in [-0.2, 0) is 7.05 Å². The number of hydrogen-bond acceptors (Lipinski definition) is 4. The SMILES string of the molecule is Cn1nc(C(=O)O)c2c(N)ccnc21. The lowest BCUT2D eigenvalue weighted by atomic mass is 10.2. The minimum Gasteiger partial charge on any atom is -0.476 e. The zero-order valence-corrected chi connectivity index (χ0v) is 7.43. The molecule has 0 saturated carbocycles.